The van der Waals surface area contributed by atoms with Crippen LogP contribution in [0, 0.1) is 0 Å². The Labute approximate surface area is 134 Å². The van der Waals surface area contributed by atoms with Crippen LogP contribution in [-0.2, 0) is 6.54 Å². The van der Waals surface area contributed by atoms with Crippen LogP contribution in [0.25, 0.3) is 0 Å². The van der Waals surface area contributed by atoms with Gasteiger partial charge in [0.25, 0.3) is 11.5 Å². The van der Waals surface area contributed by atoms with Gasteiger partial charge in [0.1, 0.15) is 11.5 Å². The lowest BCUT2D eigenvalue weighted by molar-refractivity contribution is 0.0592. The number of hydrogen-bond donors (Lipinski definition) is 1. The number of carbonyl (C=O) groups is 1. The van der Waals surface area contributed by atoms with Gasteiger partial charge in [0, 0.05) is 31.5 Å². The number of hydrogen-bond acceptors (Lipinski definition) is 4. The quantitative estimate of drug-likeness (QED) is 0.931. The second kappa shape index (κ2) is 6.76. The molecule has 1 amide bonds. The minimum Gasteiger partial charge on any atom is -0.347 e. The Morgan fingerprint density at radius 3 is 3.00 bits per heavy atom. The highest BCUT2D eigenvalue weighted by molar-refractivity contribution is 5.92. The Balaban J connectivity index is 1.88. The maximum atomic E-state index is 12.9. The average Bonchev–Trinajstić information content (AvgIpc) is 3.11. The summed E-state index contributed by atoms with van der Waals surface area (Å²) in [5.41, 5.74) is 0.140. The van der Waals surface area contributed by atoms with E-state index in [1.807, 2.05) is 11.8 Å². The summed E-state index contributed by atoms with van der Waals surface area (Å²) in [7, 11) is 0. The van der Waals surface area contributed by atoms with Crippen LogP contribution in [0.15, 0.2) is 29.3 Å². The van der Waals surface area contributed by atoms with E-state index in [1.54, 1.807) is 12.4 Å². The van der Waals surface area contributed by atoms with Crippen LogP contribution >= 0.6 is 0 Å². The molecule has 2 aromatic heterocycles. The average molecular weight is 315 g/mol. The molecule has 0 bridgehead atoms. The number of nitrogens with one attached hydrogen (secondary N) is 1. The number of nitrogens with zero attached hydrogens (tertiary/aromatic N) is 4. The third-order valence-corrected chi connectivity index (χ3v) is 4.12. The zero-order chi connectivity index (χ0) is 16.2. The van der Waals surface area contributed by atoms with Crippen molar-refractivity contribution in [2.24, 2.45) is 0 Å². The van der Waals surface area contributed by atoms with E-state index in [0.717, 1.165) is 31.5 Å². The van der Waals surface area contributed by atoms with Crippen LogP contribution in [0.1, 0.15) is 55.0 Å². The lowest BCUT2D eigenvalue weighted by Gasteiger charge is -2.34. The van der Waals surface area contributed by atoms with E-state index in [9.17, 15) is 9.59 Å². The first-order valence-electron chi connectivity index (χ1n) is 8.09. The van der Waals surface area contributed by atoms with Gasteiger partial charge in [-0.2, -0.15) is 5.10 Å². The predicted octanol–water partition coefficient (Wildman–Crippen LogP) is 1.74. The molecule has 1 atom stereocenters. The number of imidazole rings is 1. The van der Waals surface area contributed by atoms with Crippen molar-refractivity contribution in [3.05, 3.63) is 46.4 Å². The molecule has 23 heavy (non-hydrogen) atoms. The first-order valence-corrected chi connectivity index (χ1v) is 8.09. The lowest BCUT2D eigenvalue weighted by Crippen LogP contribution is -2.40. The fourth-order valence-electron chi connectivity index (χ4n) is 3.00. The summed E-state index contributed by atoms with van der Waals surface area (Å²) < 4.78 is 1.36. The molecule has 0 aliphatic carbocycles. The normalized spacial score (nSPS) is 18.1. The van der Waals surface area contributed by atoms with Crippen LogP contribution in [0.3, 0.4) is 0 Å². The fourth-order valence-corrected chi connectivity index (χ4v) is 3.00. The molecular formula is C16H21N5O2. The van der Waals surface area contributed by atoms with Crippen LogP contribution in [0.5, 0.6) is 0 Å². The van der Waals surface area contributed by atoms with Gasteiger partial charge in [-0.1, -0.05) is 6.92 Å². The van der Waals surface area contributed by atoms with Gasteiger partial charge in [0.15, 0.2) is 0 Å². The van der Waals surface area contributed by atoms with Crippen LogP contribution < -0.4 is 5.56 Å². The van der Waals surface area contributed by atoms with Crippen LogP contribution in [-0.4, -0.2) is 37.1 Å². The molecule has 0 unspecified atom stereocenters. The minimum atomic E-state index is -0.176. The van der Waals surface area contributed by atoms with Crippen LogP contribution in [0.4, 0.5) is 0 Å². The summed E-state index contributed by atoms with van der Waals surface area (Å²) in [6.45, 7) is 3.17. The van der Waals surface area contributed by atoms with E-state index in [1.165, 1.54) is 16.8 Å². The molecule has 1 aliphatic rings. The molecule has 3 rings (SSSR count). The maximum absolute atomic E-state index is 12.9. The van der Waals surface area contributed by atoms with Crippen molar-refractivity contribution in [3.63, 3.8) is 0 Å². The van der Waals surface area contributed by atoms with E-state index in [-0.39, 0.29) is 17.5 Å². The topological polar surface area (TPSA) is 83.9 Å². The van der Waals surface area contributed by atoms with Crippen molar-refractivity contribution >= 4 is 5.91 Å². The molecule has 7 heteroatoms. The zero-order valence-corrected chi connectivity index (χ0v) is 13.2. The zero-order valence-electron chi connectivity index (χ0n) is 13.2. The number of carbonyl (C=O) groups excluding carboxylic acids is 1. The number of rotatable bonds is 4. The maximum Gasteiger partial charge on any atom is 0.274 e. The highest BCUT2D eigenvalue weighted by atomic mass is 16.2. The van der Waals surface area contributed by atoms with Gasteiger partial charge in [-0.25, -0.2) is 9.67 Å². The van der Waals surface area contributed by atoms with Gasteiger partial charge >= 0.3 is 0 Å². The number of amides is 1. The molecule has 0 radical (unpaired) electrons. The molecule has 1 aliphatic heterocycles. The van der Waals surface area contributed by atoms with Crippen molar-refractivity contribution < 1.29 is 4.79 Å². The minimum absolute atomic E-state index is 0.0559. The monoisotopic (exact) mass is 315 g/mol. The summed E-state index contributed by atoms with van der Waals surface area (Å²) in [6.07, 6.45) is 7.19. The number of aryl methyl sites for hydroxylation is 1. The molecule has 3 heterocycles. The van der Waals surface area contributed by atoms with Crippen molar-refractivity contribution in [1.82, 2.24) is 24.6 Å². The number of H-pyrrole nitrogens is 1. The summed E-state index contributed by atoms with van der Waals surface area (Å²) in [4.78, 5) is 33.9. The largest absolute Gasteiger partial charge is 0.347 e. The van der Waals surface area contributed by atoms with Gasteiger partial charge in [-0.15, -0.1) is 0 Å². The summed E-state index contributed by atoms with van der Waals surface area (Å²) >= 11 is 0. The molecule has 7 nitrogen and oxygen atoms in total. The summed E-state index contributed by atoms with van der Waals surface area (Å²) in [6, 6.07) is 2.88. The molecule has 1 fully saturated rings. The standard InChI is InChI=1S/C16H21N5O2/c1-2-10-21-14(22)7-6-12(19-21)16(23)20-11-4-3-5-13(20)15-17-8-9-18-15/h6-9,13H,2-5,10-11H2,1H3,(H,17,18)/t13-/m0/s1. The molecule has 0 saturated carbocycles. The Bertz CT molecular complexity index is 722. The number of likely N-dealkylation sites (tertiary alicyclic amines) is 1. The second-order valence-electron chi connectivity index (χ2n) is 5.76. The van der Waals surface area contributed by atoms with E-state index < -0.39 is 0 Å². The fraction of sp³-hybridized carbons (Fsp3) is 0.500. The smallest absolute Gasteiger partial charge is 0.274 e. The first-order chi connectivity index (χ1) is 11.2. The van der Waals surface area contributed by atoms with E-state index in [4.69, 9.17) is 0 Å². The molecule has 0 aromatic carbocycles. The van der Waals surface area contributed by atoms with Gasteiger partial charge in [-0.05, 0) is 31.7 Å². The summed E-state index contributed by atoms with van der Waals surface area (Å²) in [5.74, 6) is 0.663. The Hall–Kier alpha value is -2.44. The van der Waals surface area contributed by atoms with Gasteiger partial charge < -0.3 is 9.88 Å². The Morgan fingerprint density at radius 1 is 1.39 bits per heavy atom. The lowest BCUT2D eigenvalue weighted by atomic mass is 10.0. The van der Waals surface area contributed by atoms with Gasteiger partial charge in [-0.3, -0.25) is 9.59 Å². The molecule has 1 saturated heterocycles. The highest BCUT2D eigenvalue weighted by Crippen LogP contribution is 2.29. The van der Waals surface area contributed by atoms with Crippen molar-refractivity contribution in [2.75, 3.05) is 6.54 Å². The molecule has 2 aromatic rings. The number of aromatic nitrogens is 4. The predicted molar refractivity (Wildman–Crippen MR) is 85.0 cm³/mol. The highest BCUT2D eigenvalue weighted by Gasteiger charge is 2.31. The van der Waals surface area contributed by atoms with E-state index in [0.29, 0.717) is 18.8 Å². The molecule has 1 N–H and O–H groups in total. The van der Waals surface area contributed by atoms with E-state index >= 15 is 0 Å². The third kappa shape index (κ3) is 3.18. The van der Waals surface area contributed by atoms with Crippen molar-refractivity contribution in [3.8, 4) is 0 Å². The molecule has 0 spiro atoms. The molecule has 122 valence electrons. The molecular weight excluding hydrogens is 294 g/mol. The first kappa shape index (κ1) is 15.5. The van der Waals surface area contributed by atoms with Gasteiger partial charge in [0.2, 0.25) is 0 Å². The van der Waals surface area contributed by atoms with Crippen molar-refractivity contribution in [2.45, 2.75) is 45.2 Å². The van der Waals surface area contributed by atoms with E-state index in [2.05, 4.69) is 15.1 Å². The third-order valence-electron chi connectivity index (χ3n) is 4.12. The Morgan fingerprint density at radius 2 is 2.26 bits per heavy atom. The second-order valence-corrected chi connectivity index (χ2v) is 5.76. The van der Waals surface area contributed by atoms with Crippen LogP contribution in [0.2, 0.25) is 0 Å². The summed E-state index contributed by atoms with van der Waals surface area (Å²) in [5, 5.41) is 4.24. The SMILES string of the molecule is CCCn1nc(C(=O)N2CCCC[C@H]2c2ncc[nH]2)ccc1=O. The number of aromatic amines is 1. The van der Waals surface area contributed by atoms with Crippen molar-refractivity contribution in [1.29, 1.82) is 0 Å². The number of piperidine rings is 1. The Kier molecular flexibility index (Phi) is 4.55. The van der Waals surface area contributed by atoms with Gasteiger partial charge in [0.05, 0.1) is 6.04 Å².